The molecule has 0 saturated heterocycles. The van der Waals surface area contributed by atoms with Crippen molar-refractivity contribution >= 4 is 28.2 Å². The van der Waals surface area contributed by atoms with E-state index >= 15 is 0 Å². The number of rotatable bonds is 5. The summed E-state index contributed by atoms with van der Waals surface area (Å²) >= 11 is 5.98. The number of halogens is 1. The van der Waals surface area contributed by atoms with E-state index in [2.05, 4.69) is 17.2 Å². The van der Waals surface area contributed by atoms with Gasteiger partial charge in [0.25, 0.3) is 0 Å². The molecule has 0 amide bonds. The Bertz CT molecular complexity index is 556. The molecule has 0 bridgehead atoms. The lowest BCUT2D eigenvalue weighted by atomic mass is 10.1. The predicted octanol–water partition coefficient (Wildman–Crippen LogP) is 2.88. The molecule has 102 valence electrons. The lowest BCUT2D eigenvalue weighted by Gasteiger charge is -2.18. The molecule has 1 heterocycles. The third-order valence-corrected chi connectivity index (χ3v) is 3.26. The Hall–Kier alpha value is -1.36. The number of fused-ring (bicyclic) bond motifs is 1. The van der Waals surface area contributed by atoms with Crippen molar-refractivity contribution in [1.82, 2.24) is 9.99 Å². The van der Waals surface area contributed by atoms with Gasteiger partial charge in [0.15, 0.2) is 0 Å². The summed E-state index contributed by atoms with van der Waals surface area (Å²) in [5.74, 6) is 5.62. The highest BCUT2D eigenvalue weighted by Gasteiger charge is 2.07. The molecule has 4 nitrogen and oxygen atoms in total. The molecule has 1 aromatic heterocycles. The summed E-state index contributed by atoms with van der Waals surface area (Å²) in [7, 11) is 1.87. The van der Waals surface area contributed by atoms with Crippen molar-refractivity contribution in [2.24, 2.45) is 5.84 Å². The Balaban J connectivity index is 2.16. The highest BCUT2D eigenvalue weighted by Crippen LogP contribution is 2.25. The number of aromatic nitrogens is 1. The first-order valence-corrected chi connectivity index (χ1v) is 6.70. The molecule has 0 spiro atoms. The SMILES string of the molecule is C[C@@H](CCN(C)N)Nc1ccnc2cc(Cl)ccc12. The van der Waals surface area contributed by atoms with Gasteiger partial charge in [-0.1, -0.05) is 11.6 Å². The van der Waals surface area contributed by atoms with Crippen LogP contribution in [0.4, 0.5) is 5.69 Å². The number of pyridine rings is 1. The lowest BCUT2D eigenvalue weighted by Crippen LogP contribution is -2.30. The van der Waals surface area contributed by atoms with Gasteiger partial charge in [-0.3, -0.25) is 15.8 Å². The normalized spacial score (nSPS) is 12.9. The molecule has 2 rings (SSSR count). The van der Waals surface area contributed by atoms with Gasteiger partial charge in [-0.15, -0.1) is 0 Å². The summed E-state index contributed by atoms with van der Waals surface area (Å²) < 4.78 is 0. The molecule has 0 fully saturated rings. The summed E-state index contributed by atoms with van der Waals surface area (Å²) in [6, 6.07) is 8.08. The zero-order chi connectivity index (χ0) is 13.8. The van der Waals surface area contributed by atoms with E-state index in [0.29, 0.717) is 11.1 Å². The van der Waals surface area contributed by atoms with E-state index in [1.165, 1.54) is 0 Å². The van der Waals surface area contributed by atoms with Crippen molar-refractivity contribution in [3.63, 3.8) is 0 Å². The third kappa shape index (κ3) is 3.80. The fraction of sp³-hybridized carbons (Fsp3) is 0.357. The van der Waals surface area contributed by atoms with E-state index in [9.17, 15) is 0 Å². The fourth-order valence-electron chi connectivity index (χ4n) is 1.98. The first kappa shape index (κ1) is 14.1. The average molecular weight is 279 g/mol. The van der Waals surface area contributed by atoms with Gasteiger partial charge < -0.3 is 5.32 Å². The summed E-state index contributed by atoms with van der Waals surface area (Å²) in [6.45, 7) is 2.99. The maximum atomic E-state index is 5.98. The molecular weight excluding hydrogens is 260 g/mol. The molecule has 0 aliphatic heterocycles. The van der Waals surface area contributed by atoms with E-state index in [1.54, 1.807) is 11.2 Å². The maximum absolute atomic E-state index is 5.98. The maximum Gasteiger partial charge on any atom is 0.0737 e. The number of hydrazine groups is 1. The van der Waals surface area contributed by atoms with Gasteiger partial charge in [0.2, 0.25) is 0 Å². The number of anilines is 1. The van der Waals surface area contributed by atoms with Gasteiger partial charge in [-0.25, -0.2) is 0 Å². The molecule has 0 unspecified atom stereocenters. The van der Waals surface area contributed by atoms with Crippen LogP contribution >= 0.6 is 11.6 Å². The third-order valence-electron chi connectivity index (χ3n) is 3.02. The monoisotopic (exact) mass is 278 g/mol. The van der Waals surface area contributed by atoms with Gasteiger partial charge in [-0.2, -0.15) is 0 Å². The van der Waals surface area contributed by atoms with E-state index in [0.717, 1.165) is 29.6 Å². The van der Waals surface area contributed by atoms with Crippen LogP contribution in [0.15, 0.2) is 30.5 Å². The van der Waals surface area contributed by atoms with Gasteiger partial charge in [-0.05, 0) is 37.6 Å². The van der Waals surface area contributed by atoms with Crippen LogP contribution < -0.4 is 11.2 Å². The lowest BCUT2D eigenvalue weighted by molar-refractivity contribution is 0.337. The molecule has 0 radical (unpaired) electrons. The van der Waals surface area contributed by atoms with E-state index in [-0.39, 0.29) is 0 Å². The zero-order valence-corrected chi connectivity index (χ0v) is 12.0. The minimum atomic E-state index is 0.340. The Labute approximate surface area is 118 Å². The van der Waals surface area contributed by atoms with Gasteiger partial charge in [0.1, 0.15) is 0 Å². The Morgan fingerprint density at radius 2 is 2.21 bits per heavy atom. The Morgan fingerprint density at radius 1 is 1.42 bits per heavy atom. The van der Waals surface area contributed by atoms with Gasteiger partial charge >= 0.3 is 0 Å². The van der Waals surface area contributed by atoms with Crippen LogP contribution in [0.2, 0.25) is 5.02 Å². The highest BCUT2D eigenvalue weighted by molar-refractivity contribution is 6.31. The molecule has 1 aromatic carbocycles. The fourth-order valence-corrected chi connectivity index (χ4v) is 2.15. The van der Waals surface area contributed by atoms with Crippen LogP contribution in [0.25, 0.3) is 10.9 Å². The molecule has 3 N–H and O–H groups in total. The first-order valence-electron chi connectivity index (χ1n) is 6.33. The second kappa shape index (κ2) is 6.19. The number of hydrogen-bond acceptors (Lipinski definition) is 4. The van der Waals surface area contributed by atoms with Crippen LogP contribution in [0.1, 0.15) is 13.3 Å². The number of nitrogens with one attached hydrogen (secondary N) is 1. The molecule has 19 heavy (non-hydrogen) atoms. The largest absolute Gasteiger partial charge is 0.382 e. The van der Waals surface area contributed by atoms with Crippen molar-refractivity contribution < 1.29 is 0 Å². The van der Waals surface area contributed by atoms with Crippen LogP contribution in [0, 0.1) is 0 Å². The first-order chi connectivity index (χ1) is 9.06. The minimum Gasteiger partial charge on any atom is -0.382 e. The summed E-state index contributed by atoms with van der Waals surface area (Å²) in [5.41, 5.74) is 1.98. The average Bonchev–Trinajstić information content (AvgIpc) is 2.36. The molecule has 0 aliphatic carbocycles. The molecule has 5 heteroatoms. The van der Waals surface area contributed by atoms with Crippen molar-refractivity contribution in [1.29, 1.82) is 0 Å². The van der Waals surface area contributed by atoms with Crippen molar-refractivity contribution in [3.8, 4) is 0 Å². The topological polar surface area (TPSA) is 54.2 Å². The van der Waals surface area contributed by atoms with E-state index < -0.39 is 0 Å². The van der Waals surface area contributed by atoms with Crippen molar-refractivity contribution in [2.45, 2.75) is 19.4 Å². The molecular formula is C14H19ClN4. The summed E-state index contributed by atoms with van der Waals surface area (Å²) in [6.07, 6.45) is 2.77. The summed E-state index contributed by atoms with van der Waals surface area (Å²) in [4.78, 5) is 4.33. The standard InChI is InChI=1S/C14H19ClN4/c1-10(6-8-19(2)16)18-13-5-7-17-14-9-11(15)3-4-12(13)14/h3-5,7,9-10H,6,8,16H2,1-2H3,(H,17,18)/t10-/m0/s1. The zero-order valence-electron chi connectivity index (χ0n) is 11.2. The Kier molecular flexibility index (Phi) is 4.58. The van der Waals surface area contributed by atoms with Crippen LogP contribution in [-0.4, -0.2) is 29.6 Å². The quantitative estimate of drug-likeness (QED) is 0.652. The molecule has 0 aliphatic rings. The van der Waals surface area contributed by atoms with E-state index in [1.807, 2.05) is 31.3 Å². The summed E-state index contributed by atoms with van der Waals surface area (Å²) in [5, 5.41) is 6.98. The molecule has 0 saturated carbocycles. The van der Waals surface area contributed by atoms with Crippen molar-refractivity contribution in [2.75, 3.05) is 18.9 Å². The van der Waals surface area contributed by atoms with Crippen LogP contribution in [-0.2, 0) is 0 Å². The number of nitrogens with zero attached hydrogens (tertiary/aromatic N) is 2. The second-order valence-electron chi connectivity index (χ2n) is 4.83. The van der Waals surface area contributed by atoms with E-state index in [4.69, 9.17) is 17.4 Å². The van der Waals surface area contributed by atoms with Gasteiger partial charge in [0, 0.05) is 41.9 Å². The highest BCUT2D eigenvalue weighted by atomic mass is 35.5. The number of nitrogens with two attached hydrogens (primary N) is 1. The molecule has 1 atom stereocenters. The minimum absolute atomic E-state index is 0.340. The predicted molar refractivity (Wildman–Crippen MR) is 81.3 cm³/mol. The Morgan fingerprint density at radius 3 is 2.95 bits per heavy atom. The number of hydrogen-bond donors (Lipinski definition) is 2. The molecule has 2 aromatic rings. The number of benzene rings is 1. The van der Waals surface area contributed by atoms with Crippen molar-refractivity contribution in [3.05, 3.63) is 35.5 Å². The van der Waals surface area contributed by atoms with Gasteiger partial charge in [0.05, 0.1) is 5.52 Å². The smallest absolute Gasteiger partial charge is 0.0737 e. The second-order valence-corrected chi connectivity index (χ2v) is 5.27. The van der Waals surface area contributed by atoms with Crippen LogP contribution in [0.5, 0.6) is 0 Å². The van der Waals surface area contributed by atoms with Crippen LogP contribution in [0.3, 0.4) is 0 Å².